The third-order valence-electron chi connectivity index (χ3n) is 6.16. The summed E-state index contributed by atoms with van der Waals surface area (Å²) in [5.74, 6) is 0.228. The largest absolute Gasteiger partial charge is 0.394 e. The molecule has 0 aromatic rings. The van der Waals surface area contributed by atoms with E-state index in [4.69, 9.17) is 46.7 Å². The molecule has 0 spiro atoms. The van der Waals surface area contributed by atoms with Crippen molar-refractivity contribution in [1.29, 1.82) is 0 Å². The Morgan fingerprint density at radius 2 is 1.32 bits per heavy atom. The summed E-state index contributed by atoms with van der Waals surface area (Å²) in [6.45, 7) is 9.84. The molecular weight excluding hydrogens is 504 g/mol. The molecule has 0 heterocycles. The summed E-state index contributed by atoms with van der Waals surface area (Å²) in [7, 11) is 2.71. The van der Waals surface area contributed by atoms with Crippen molar-refractivity contribution in [3.05, 3.63) is 0 Å². The Hall–Kier alpha value is -0.223. The molecule has 12 heteroatoms. The zero-order valence-corrected chi connectivity index (χ0v) is 24.8. The summed E-state index contributed by atoms with van der Waals surface area (Å²) >= 11 is 0. The Balaban J connectivity index is 2.79. The van der Waals surface area contributed by atoms with Gasteiger partial charge in [-0.25, -0.2) is 0 Å². The minimum Gasteiger partial charge on any atom is -0.394 e. The van der Waals surface area contributed by atoms with Gasteiger partial charge in [0.1, 0.15) is 0 Å². The molecule has 0 radical (unpaired) electrons. The molecule has 0 amide bonds. The topological polar surface area (TPSA) is 113 Å². The van der Waals surface area contributed by atoms with Crippen molar-refractivity contribution in [1.82, 2.24) is 0 Å². The predicted molar refractivity (Wildman–Crippen MR) is 140 cm³/mol. The van der Waals surface area contributed by atoms with Crippen molar-refractivity contribution in [2.24, 2.45) is 5.92 Å². The van der Waals surface area contributed by atoms with E-state index in [-0.39, 0.29) is 17.6 Å². The maximum atomic E-state index is 10.7. The number of aliphatic hydroxyl groups is 1. The number of hydrogen-bond acceptors (Lipinski definition) is 11. The summed E-state index contributed by atoms with van der Waals surface area (Å²) in [6.07, 6.45) is 0.870. The summed E-state index contributed by atoms with van der Waals surface area (Å²) in [5, 5.41) is 10.7. The van der Waals surface area contributed by atoms with Crippen LogP contribution in [0.4, 0.5) is 0 Å². The summed E-state index contributed by atoms with van der Waals surface area (Å²) in [4.78, 5) is 0. The number of methoxy groups -OCH3 is 3. The molecule has 0 bridgehead atoms. The molecule has 222 valence electrons. The van der Waals surface area contributed by atoms with Crippen LogP contribution in [0.3, 0.4) is 0 Å². The zero-order chi connectivity index (χ0) is 27.1. The van der Waals surface area contributed by atoms with E-state index in [0.29, 0.717) is 92.1 Å². The molecule has 0 saturated heterocycles. The maximum absolute atomic E-state index is 10.7. The van der Waals surface area contributed by atoms with Gasteiger partial charge in [-0.15, -0.1) is 0 Å². The predicted octanol–water partition coefficient (Wildman–Crippen LogP) is 1.53. The molecule has 0 aromatic carbocycles. The highest BCUT2D eigenvalue weighted by molar-refractivity contribution is 6.46. The van der Waals surface area contributed by atoms with Crippen molar-refractivity contribution in [2.45, 2.75) is 57.1 Å². The molecule has 5 unspecified atom stereocenters. The van der Waals surface area contributed by atoms with Crippen molar-refractivity contribution in [3.8, 4) is 0 Å². The Morgan fingerprint density at radius 1 is 0.757 bits per heavy atom. The highest BCUT2D eigenvalue weighted by Crippen LogP contribution is 2.38. The van der Waals surface area contributed by atoms with Gasteiger partial charge in [0.15, 0.2) is 6.29 Å². The molecule has 1 aliphatic rings. The van der Waals surface area contributed by atoms with Crippen molar-refractivity contribution in [3.63, 3.8) is 0 Å². The molecule has 5 atom stereocenters. The molecule has 11 nitrogen and oxygen atoms in total. The monoisotopic (exact) mass is 556 g/mol. The van der Waals surface area contributed by atoms with E-state index in [1.807, 2.05) is 13.8 Å². The third kappa shape index (κ3) is 16.5. The van der Waals surface area contributed by atoms with Crippen LogP contribution < -0.4 is 0 Å². The Kier molecular flexibility index (Phi) is 22.2. The van der Waals surface area contributed by atoms with Gasteiger partial charge in [-0.1, -0.05) is 0 Å². The number of ether oxygens (including phenoxy) is 8. The van der Waals surface area contributed by atoms with Crippen LogP contribution >= 0.6 is 0 Å². The average Bonchev–Trinajstić information content (AvgIpc) is 2.89. The van der Waals surface area contributed by atoms with Crippen molar-refractivity contribution < 1.29 is 51.9 Å². The molecular formula is C25H52O11Si. The highest BCUT2D eigenvalue weighted by atomic mass is 28.3. The van der Waals surface area contributed by atoms with Gasteiger partial charge in [0.2, 0.25) is 0 Å². The minimum atomic E-state index is -2.21. The Labute approximate surface area is 225 Å². The second-order valence-electron chi connectivity index (χ2n) is 8.89. The van der Waals surface area contributed by atoms with Gasteiger partial charge < -0.3 is 51.9 Å². The second-order valence-corrected chi connectivity index (χ2v) is 11.1. The first kappa shape index (κ1) is 34.8. The Morgan fingerprint density at radius 3 is 1.89 bits per heavy atom. The van der Waals surface area contributed by atoms with Crippen LogP contribution in [0.15, 0.2) is 0 Å². The second kappa shape index (κ2) is 23.6. The fraction of sp³-hybridized carbons (Fsp3) is 1.00. The molecule has 0 aliphatic heterocycles. The van der Waals surface area contributed by atoms with E-state index in [1.54, 1.807) is 21.3 Å². The van der Waals surface area contributed by atoms with Gasteiger partial charge in [0.05, 0.1) is 84.9 Å². The number of aliphatic hydroxyl groups excluding tert-OH is 1. The lowest BCUT2D eigenvalue weighted by molar-refractivity contribution is -0.198. The summed E-state index contributed by atoms with van der Waals surface area (Å²) in [6, 6.07) is 0. The molecule has 1 aliphatic carbocycles. The zero-order valence-electron chi connectivity index (χ0n) is 23.6. The smallest absolute Gasteiger partial charge is 0.327 e. The van der Waals surface area contributed by atoms with Crippen molar-refractivity contribution in [2.75, 3.05) is 101 Å². The van der Waals surface area contributed by atoms with Gasteiger partial charge in [-0.3, -0.25) is 0 Å². The van der Waals surface area contributed by atoms with Crippen LogP contribution in [0, 0.1) is 5.92 Å². The van der Waals surface area contributed by atoms with Crippen LogP contribution in [0.25, 0.3) is 0 Å². The number of rotatable bonds is 25. The van der Waals surface area contributed by atoms with E-state index in [1.165, 1.54) is 0 Å². The lowest BCUT2D eigenvalue weighted by Crippen LogP contribution is -2.44. The van der Waals surface area contributed by atoms with Gasteiger partial charge in [-0.05, 0) is 39.0 Å². The quantitative estimate of drug-likeness (QED) is 0.100. The lowest BCUT2D eigenvalue weighted by Gasteiger charge is -2.39. The van der Waals surface area contributed by atoms with Gasteiger partial charge in [-0.2, -0.15) is 0 Å². The van der Waals surface area contributed by atoms with Gasteiger partial charge in [0.25, 0.3) is 0 Å². The van der Waals surface area contributed by atoms with Gasteiger partial charge in [0, 0.05) is 33.5 Å². The van der Waals surface area contributed by atoms with Crippen LogP contribution in [0.5, 0.6) is 0 Å². The maximum Gasteiger partial charge on any atom is 0.327 e. The third-order valence-corrected chi connectivity index (χ3v) is 8.72. The normalized spacial score (nSPS) is 22.0. The molecule has 1 saturated carbocycles. The summed E-state index contributed by atoms with van der Waals surface area (Å²) in [5.41, 5.74) is 0.0845. The fourth-order valence-electron chi connectivity index (χ4n) is 4.18. The van der Waals surface area contributed by atoms with E-state index < -0.39 is 21.7 Å². The first-order valence-electron chi connectivity index (χ1n) is 13.5. The fourth-order valence-corrected chi connectivity index (χ4v) is 6.52. The molecule has 1 fully saturated rings. The number of hydrogen-bond donors (Lipinski definition) is 1. The van der Waals surface area contributed by atoms with E-state index in [9.17, 15) is 5.11 Å². The van der Waals surface area contributed by atoms with Crippen molar-refractivity contribution >= 4 is 9.28 Å². The van der Waals surface area contributed by atoms with Crippen LogP contribution in [-0.4, -0.2) is 134 Å². The molecule has 0 aromatic heterocycles. The van der Waals surface area contributed by atoms with Crippen LogP contribution in [0.2, 0.25) is 5.54 Å². The molecule has 37 heavy (non-hydrogen) atoms. The van der Waals surface area contributed by atoms with E-state index in [2.05, 4.69) is 0 Å². The SMILES string of the molecule is CCOCC(C1CCC(O)C(OC(C)OCCOC)C1)[SiH](OCCOCCOC)OCCOCCOC. The first-order chi connectivity index (χ1) is 18.1. The molecule has 1 N–H and O–H groups in total. The molecule has 1 rings (SSSR count). The van der Waals surface area contributed by atoms with E-state index >= 15 is 0 Å². The minimum absolute atomic E-state index is 0.0845. The standard InChI is InChI=1S/C25H52O11Si/c1-6-30-20-25(22-7-8-23(26)24(19-22)36-21(2)33-16-11-29-5)37(34-17-14-31-12-9-27-3)35-18-15-32-13-10-28-4/h21-26,37H,6-20H2,1-5H3. The van der Waals surface area contributed by atoms with E-state index in [0.717, 1.165) is 6.42 Å². The Bertz CT molecular complexity index is 489. The van der Waals surface area contributed by atoms with Crippen LogP contribution in [0.1, 0.15) is 33.1 Å². The highest BCUT2D eigenvalue weighted by Gasteiger charge is 2.40. The average molecular weight is 557 g/mol. The first-order valence-corrected chi connectivity index (χ1v) is 15.1. The lowest BCUT2D eigenvalue weighted by atomic mass is 9.83. The van der Waals surface area contributed by atoms with Gasteiger partial charge >= 0.3 is 9.28 Å². The van der Waals surface area contributed by atoms with Crippen LogP contribution in [-0.2, 0) is 46.7 Å². The summed E-state index contributed by atoms with van der Waals surface area (Å²) < 4.78 is 56.6.